The van der Waals surface area contributed by atoms with Crippen LogP contribution in [0.25, 0.3) is 11.0 Å². The molecule has 80 valence electrons. The van der Waals surface area contributed by atoms with Crippen LogP contribution in [-0.4, -0.2) is 15.3 Å². The minimum atomic E-state index is 1.10. The number of unbranched alkanes of at least 4 members (excludes halogenated alkanes) is 1. The Morgan fingerprint density at radius 3 is 2.87 bits per heavy atom. The van der Waals surface area contributed by atoms with Gasteiger partial charge in [0.2, 0.25) is 0 Å². The minimum Gasteiger partial charge on any atom is -0.322 e. The first kappa shape index (κ1) is 10.6. The zero-order chi connectivity index (χ0) is 10.7. The van der Waals surface area contributed by atoms with Crippen molar-refractivity contribution in [2.45, 2.75) is 24.9 Å². The van der Waals surface area contributed by atoms with Gasteiger partial charge >= 0.3 is 0 Å². The molecule has 2 rings (SSSR count). The first-order valence-corrected chi connectivity index (χ1v) is 6.35. The van der Waals surface area contributed by atoms with E-state index in [0.29, 0.717) is 0 Å². The van der Waals surface area contributed by atoms with E-state index in [0.717, 1.165) is 16.4 Å². The summed E-state index contributed by atoms with van der Waals surface area (Å²) in [5.74, 6) is 1.16. The number of benzene rings is 1. The molecule has 3 heteroatoms. The lowest BCUT2D eigenvalue weighted by Crippen LogP contribution is -1.91. The van der Waals surface area contributed by atoms with E-state index in [4.69, 9.17) is 0 Å². The van der Waals surface area contributed by atoms with Gasteiger partial charge in [0.1, 0.15) is 0 Å². The maximum Gasteiger partial charge on any atom is 0.168 e. The summed E-state index contributed by atoms with van der Waals surface area (Å²) >= 11 is 1.85. The summed E-state index contributed by atoms with van der Waals surface area (Å²) in [5.41, 5.74) is 2.32. The van der Waals surface area contributed by atoms with Crippen LogP contribution >= 0.6 is 11.8 Å². The molecule has 1 heterocycles. The Morgan fingerprint density at radius 2 is 2.13 bits per heavy atom. The first-order valence-electron chi connectivity index (χ1n) is 5.37. The van der Waals surface area contributed by atoms with Crippen LogP contribution in [0.2, 0.25) is 0 Å². The summed E-state index contributed by atoms with van der Waals surface area (Å²) in [7, 11) is 2.09. The lowest BCUT2D eigenvalue weighted by atomic mass is 10.3. The number of hydrogen-bond acceptors (Lipinski definition) is 2. The van der Waals surface area contributed by atoms with Crippen LogP contribution in [0, 0.1) is 0 Å². The number of imidazole rings is 1. The summed E-state index contributed by atoms with van der Waals surface area (Å²) in [6.45, 7) is 2.22. The molecule has 15 heavy (non-hydrogen) atoms. The molecule has 2 aromatic rings. The predicted molar refractivity (Wildman–Crippen MR) is 66.3 cm³/mol. The summed E-state index contributed by atoms with van der Waals surface area (Å²) in [6, 6.07) is 8.28. The molecule has 1 aromatic heterocycles. The third-order valence-corrected chi connectivity index (χ3v) is 3.59. The number of thioether (sulfide) groups is 1. The van der Waals surface area contributed by atoms with Gasteiger partial charge in [0, 0.05) is 12.8 Å². The van der Waals surface area contributed by atoms with Gasteiger partial charge < -0.3 is 4.57 Å². The molecule has 0 bridgehead atoms. The van der Waals surface area contributed by atoms with Gasteiger partial charge in [-0.05, 0) is 18.6 Å². The van der Waals surface area contributed by atoms with Crippen molar-refractivity contribution in [2.24, 2.45) is 7.05 Å². The number of fused-ring (bicyclic) bond motifs is 1. The van der Waals surface area contributed by atoms with Crippen molar-refractivity contribution in [3.05, 3.63) is 24.3 Å². The lowest BCUT2D eigenvalue weighted by Gasteiger charge is -2.00. The smallest absolute Gasteiger partial charge is 0.168 e. The first-order chi connectivity index (χ1) is 7.33. The zero-order valence-corrected chi connectivity index (χ0v) is 10.0. The Hall–Kier alpha value is -0.960. The molecule has 0 radical (unpaired) electrons. The highest BCUT2D eigenvalue weighted by Crippen LogP contribution is 2.23. The molecule has 0 aliphatic heterocycles. The second-order valence-electron chi connectivity index (χ2n) is 3.64. The van der Waals surface area contributed by atoms with E-state index in [1.54, 1.807) is 0 Å². The van der Waals surface area contributed by atoms with Crippen LogP contribution in [-0.2, 0) is 7.05 Å². The van der Waals surface area contributed by atoms with Crippen molar-refractivity contribution in [3.8, 4) is 0 Å². The molecule has 0 fully saturated rings. The van der Waals surface area contributed by atoms with Gasteiger partial charge in [-0.15, -0.1) is 0 Å². The molecule has 0 saturated carbocycles. The number of nitrogens with zero attached hydrogens (tertiary/aromatic N) is 2. The van der Waals surface area contributed by atoms with E-state index >= 15 is 0 Å². The van der Waals surface area contributed by atoms with Gasteiger partial charge in [-0.25, -0.2) is 4.98 Å². The van der Waals surface area contributed by atoms with Crippen LogP contribution in [0.3, 0.4) is 0 Å². The van der Waals surface area contributed by atoms with Crippen LogP contribution in [0.4, 0.5) is 0 Å². The minimum absolute atomic E-state index is 1.10. The monoisotopic (exact) mass is 220 g/mol. The standard InChI is InChI=1S/C12H16N2S/c1-3-4-9-15-12-13-10-7-5-6-8-11(10)14(12)2/h5-8H,3-4,9H2,1-2H3. The van der Waals surface area contributed by atoms with E-state index in [9.17, 15) is 0 Å². The molecule has 0 amide bonds. The molecule has 0 atom stereocenters. The Balaban J connectivity index is 2.24. The Kier molecular flexibility index (Phi) is 3.31. The predicted octanol–water partition coefficient (Wildman–Crippen LogP) is 3.47. The number of hydrogen-bond donors (Lipinski definition) is 0. The fraction of sp³-hybridized carbons (Fsp3) is 0.417. The third kappa shape index (κ3) is 2.17. The Bertz CT molecular complexity index is 448. The second-order valence-corrected chi connectivity index (χ2v) is 4.71. The molecule has 2 nitrogen and oxygen atoms in total. The molecule has 0 N–H and O–H groups in total. The third-order valence-electron chi connectivity index (χ3n) is 2.48. The van der Waals surface area contributed by atoms with Crippen LogP contribution in [0.5, 0.6) is 0 Å². The van der Waals surface area contributed by atoms with Crippen molar-refractivity contribution in [1.29, 1.82) is 0 Å². The second kappa shape index (κ2) is 4.71. The molecule has 0 aliphatic carbocycles. The van der Waals surface area contributed by atoms with Gasteiger partial charge in [0.15, 0.2) is 5.16 Å². The molecule has 0 aliphatic rings. The van der Waals surface area contributed by atoms with Crippen molar-refractivity contribution < 1.29 is 0 Å². The maximum atomic E-state index is 4.61. The SMILES string of the molecule is CCCCSc1nc2ccccc2n1C. The van der Waals surface area contributed by atoms with Crippen LogP contribution < -0.4 is 0 Å². The highest BCUT2D eigenvalue weighted by atomic mass is 32.2. The van der Waals surface area contributed by atoms with Crippen molar-refractivity contribution >= 4 is 22.8 Å². The van der Waals surface area contributed by atoms with Crippen LogP contribution in [0.1, 0.15) is 19.8 Å². The molecule has 0 spiro atoms. The van der Waals surface area contributed by atoms with Crippen molar-refractivity contribution in [3.63, 3.8) is 0 Å². The average Bonchev–Trinajstić information content (AvgIpc) is 2.57. The fourth-order valence-corrected chi connectivity index (χ4v) is 2.63. The molecule has 0 unspecified atom stereocenters. The highest BCUT2D eigenvalue weighted by Gasteiger charge is 2.06. The number of para-hydroxylation sites is 2. The number of aryl methyl sites for hydroxylation is 1. The van der Waals surface area contributed by atoms with Gasteiger partial charge in [-0.3, -0.25) is 0 Å². The fourth-order valence-electron chi connectivity index (χ4n) is 1.56. The molecule has 0 saturated heterocycles. The Labute approximate surface area is 94.7 Å². The molecular formula is C12H16N2S. The van der Waals surface area contributed by atoms with Gasteiger partial charge in [-0.2, -0.15) is 0 Å². The zero-order valence-electron chi connectivity index (χ0n) is 9.23. The normalized spacial score (nSPS) is 11.1. The maximum absolute atomic E-state index is 4.61. The average molecular weight is 220 g/mol. The van der Waals surface area contributed by atoms with Gasteiger partial charge in [0.25, 0.3) is 0 Å². The molecule has 1 aromatic carbocycles. The lowest BCUT2D eigenvalue weighted by molar-refractivity contribution is 0.810. The van der Waals surface area contributed by atoms with E-state index in [1.807, 2.05) is 17.8 Å². The summed E-state index contributed by atoms with van der Waals surface area (Å²) in [6.07, 6.45) is 2.50. The summed E-state index contributed by atoms with van der Waals surface area (Å²) < 4.78 is 2.18. The number of aromatic nitrogens is 2. The van der Waals surface area contributed by atoms with E-state index in [1.165, 1.54) is 18.4 Å². The van der Waals surface area contributed by atoms with E-state index in [-0.39, 0.29) is 0 Å². The van der Waals surface area contributed by atoms with E-state index in [2.05, 4.69) is 41.7 Å². The molecular weight excluding hydrogens is 204 g/mol. The Morgan fingerprint density at radius 1 is 1.33 bits per heavy atom. The quantitative estimate of drug-likeness (QED) is 0.580. The number of rotatable bonds is 4. The highest BCUT2D eigenvalue weighted by molar-refractivity contribution is 7.99. The van der Waals surface area contributed by atoms with Gasteiger partial charge in [0.05, 0.1) is 11.0 Å². The largest absolute Gasteiger partial charge is 0.322 e. The van der Waals surface area contributed by atoms with Crippen molar-refractivity contribution in [1.82, 2.24) is 9.55 Å². The van der Waals surface area contributed by atoms with Crippen LogP contribution in [0.15, 0.2) is 29.4 Å². The topological polar surface area (TPSA) is 17.8 Å². The van der Waals surface area contributed by atoms with Gasteiger partial charge in [-0.1, -0.05) is 37.2 Å². The summed E-state index contributed by atoms with van der Waals surface area (Å²) in [5, 5.41) is 1.13. The van der Waals surface area contributed by atoms with Crippen molar-refractivity contribution in [2.75, 3.05) is 5.75 Å². The summed E-state index contributed by atoms with van der Waals surface area (Å²) in [4.78, 5) is 4.61. The van der Waals surface area contributed by atoms with E-state index < -0.39 is 0 Å².